The van der Waals surface area contributed by atoms with Crippen molar-refractivity contribution < 1.29 is 53.2 Å². The van der Waals surface area contributed by atoms with Crippen LogP contribution in [0, 0.1) is 72.0 Å². The van der Waals surface area contributed by atoms with Gasteiger partial charge in [0.15, 0.2) is 34.9 Å². The van der Waals surface area contributed by atoms with E-state index in [-0.39, 0.29) is 10.8 Å². The second-order valence-corrected chi connectivity index (χ2v) is 20.2. The molecule has 0 aromatic heterocycles. The van der Waals surface area contributed by atoms with Crippen LogP contribution in [-0.4, -0.2) is 6.55 Å². The van der Waals surface area contributed by atoms with Crippen LogP contribution in [0.1, 0.15) is 11.1 Å². The van der Waals surface area contributed by atoms with Crippen molar-refractivity contribution >= 4 is 67.5 Å². The zero-order valence-electron chi connectivity index (χ0n) is 38.1. The quantitative estimate of drug-likeness (QED) is 0.0413. The van der Waals surface area contributed by atoms with E-state index in [0.717, 1.165) is 21.2 Å². The van der Waals surface area contributed by atoms with Crippen LogP contribution in [0.3, 0.4) is 0 Å². The molecule has 0 saturated heterocycles. The normalized spacial score (nSPS) is 12.5. The molecule has 2 nitrogen and oxygen atoms in total. The molecule has 360 valence electrons. The van der Waals surface area contributed by atoms with Crippen LogP contribution in [0.15, 0.2) is 194 Å². The van der Waals surface area contributed by atoms with Crippen molar-refractivity contribution in [3.05, 3.63) is 263 Å². The summed E-state index contributed by atoms with van der Waals surface area (Å²) >= 11 is 0. The Morgan fingerprint density at radius 2 is 0.583 bits per heavy atom. The van der Waals surface area contributed by atoms with Crippen molar-refractivity contribution in [2.45, 2.75) is 13.8 Å². The van der Waals surface area contributed by atoms with E-state index >= 15 is 17.6 Å². The first kappa shape index (κ1) is 49.1. The summed E-state index contributed by atoms with van der Waals surface area (Å²) in [7, 11) is -2.79. The lowest BCUT2D eigenvalue weighted by molar-refractivity contribution is 0.372. The van der Waals surface area contributed by atoms with Gasteiger partial charge in [-0.25, -0.2) is 43.9 Å². The highest BCUT2D eigenvalue weighted by molar-refractivity contribution is 8.01. The molecular formula is C58H38BF10O2P. The lowest BCUT2D eigenvalue weighted by atomic mass is 9.45. The Hall–Kier alpha value is -7.89. The van der Waals surface area contributed by atoms with Crippen LogP contribution in [0.5, 0.6) is 11.5 Å². The smallest absolute Gasteiger partial charge is 0.418 e. The van der Waals surface area contributed by atoms with Crippen molar-refractivity contribution in [1.82, 2.24) is 0 Å². The van der Waals surface area contributed by atoms with E-state index in [9.17, 15) is 26.3 Å². The molecule has 0 atom stereocenters. The van der Waals surface area contributed by atoms with Gasteiger partial charge in [-0.05, 0) is 90.1 Å². The summed E-state index contributed by atoms with van der Waals surface area (Å²) in [6.07, 6.45) is 0. The third kappa shape index (κ3) is 8.41. The van der Waals surface area contributed by atoms with E-state index < -0.39 is 94.4 Å². The largest absolute Gasteiger partial charge is 0.673 e. The molecule has 0 aliphatic carbocycles. The summed E-state index contributed by atoms with van der Waals surface area (Å²) in [5.74, 6) is -27.3. The third-order valence-electron chi connectivity index (χ3n) is 12.4. The first-order valence-electron chi connectivity index (χ1n) is 22.4. The molecule has 0 radical (unpaired) electrons. The first-order valence-corrected chi connectivity index (χ1v) is 24.1. The molecule has 1 aliphatic heterocycles. The van der Waals surface area contributed by atoms with E-state index in [1.54, 1.807) is 18.2 Å². The van der Waals surface area contributed by atoms with Crippen LogP contribution in [0.25, 0.3) is 21.5 Å². The van der Waals surface area contributed by atoms with Crippen LogP contribution >= 0.6 is 7.26 Å². The van der Waals surface area contributed by atoms with E-state index in [1.165, 1.54) is 29.3 Å². The Kier molecular flexibility index (Phi) is 13.7. The van der Waals surface area contributed by atoms with Crippen molar-refractivity contribution in [2.75, 3.05) is 0 Å². The van der Waals surface area contributed by atoms with Crippen molar-refractivity contribution in [3.63, 3.8) is 0 Å². The Balaban J connectivity index is 0.000000394. The summed E-state index contributed by atoms with van der Waals surface area (Å²) < 4.78 is 164. The molecule has 0 saturated carbocycles. The molecule has 0 bridgehead atoms. The van der Waals surface area contributed by atoms with Gasteiger partial charge in [0.1, 0.15) is 63.2 Å². The van der Waals surface area contributed by atoms with Crippen LogP contribution in [0.2, 0.25) is 0 Å². The molecule has 72 heavy (non-hydrogen) atoms. The maximum Gasteiger partial charge on any atom is 0.418 e. The zero-order valence-corrected chi connectivity index (χ0v) is 39.0. The number of hydrogen-bond donors (Lipinski definition) is 0. The maximum absolute atomic E-state index is 15.9. The van der Waals surface area contributed by atoms with Gasteiger partial charge in [-0.15, -0.1) is 0 Å². The fourth-order valence-corrected chi connectivity index (χ4v) is 13.4. The monoisotopic (exact) mass is 998 g/mol. The second kappa shape index (κ2) is 20.1. The molecule has 0 spiro atoms. The summed E-state index contributed by atoms with van der Waals surface area (Å²) in [6, 6.07) is 60.9. The topological polar surface area (TPSA) is 18.5 Å². The first-order chi connectivity index (χ1) is 34.7. The van der Waals surface area contributed by atoms with Gasteiger partial charge in [-0.1, -0.05) is 151 Å². The summed E-state index contributed by atoms with van der Waals surface area (Å²) in [4.78, 5) is 0. The summed E-state index contributed by atoms with van der Waals surface area (Å²) in [5.41, 5.74) is -1.54. The number of fused-ring (bicyclic) bond motifs is 6. The maximum atomic E-state index is 15.9. The highest BCUT2D eigenvalue weighted by atomic mass is 31.2. The highest BCUT2D eigenvalue weighted by Crippen LogP contribution is 2.56. The van der Waals surface area contributed by atoms with Crippen molar-refractivity contribution in [2.24, 2.45) is 0 Å². The minimum atomic E-state index is -5.02. The Morgan fingerprint density at radius 1 is 0.292 bits per heavy atom. The molecule has 0 N–H and O–H groups in total. The van der Waals surface area contributed by atoms with E-state index in [2.05, 4.69) is 38.1 Å². The van der Waals surface area contributed by atoms with Gasteiger partial charge in [0, 0.05) is 10.8 Å². The molecule has 10 aromatic carbocycles. The number of aryl methyl sites for hydroxylation is 2. The average Bonchev–Trinajstić information content (AvgIpc) is 3.82. The summed E-state index contributed by atoms with van der Waals surface area (Å²) in [5, 5.41) is 4.51. The summed E-state index contributed by atoms with van der Waals surface area (Å²) in [6.45, 7) is -0.854. The molecule has 14 heteroatoms. The predicted octanol–water partition coefficient (Wildman–Crippen LogP) is 13.0. The van der Waals surface area contributed by atoms with Crippen LogP contribution in [-0.2, 0) is 0 Å². The number of halogens is 10. The number of benzene rings is 10. The number of rotatable bonds is 6. The Bertz CT molecular complexity index is 3350. The van der Waals surface area contributed by atoms with E-state index in [1.807, 2.05) is 133 Å². The van der Waals surface area contributed by atoms with Crippen molar-refractivity contribution in [1.29, 1.82) is 0 Å². The van der Waals surface area contributed by atoms with Crippen LogP contribution in [0.4, 0.5) is 43.9 Å². The molecule has 0 fully saturated rings. The molecule has 0 unspecified atom stereocenters. The van der Waals surface area contributed by atoms with E-state index in [0.29, 0.717) is 10.8 Å². The molecule has 1 heterocycles. The SMILES string of the molecule is Cc1ccccc1.Cc1ccccc1.Fc1c(F)c(F)c([B-]2(c3c(F)c(F)c(F)c(F)c3F)Oc3c(c4ccc([P+](c5ccccc5)(c5ccccc5)c5ccccc5)cc4c4ccccc34)O2)c(F)c1F. The standard InChI is InChI=1S/C44H22BF10O2P.2C7H8/c46-33-31(34(47)38(51)41(54)37(33)50)45(32-35(48)39(52)42(55)40(53)36(32)49)56-43-28-19-11-10-18-27(28)30-22-26(20-21-29(30)44(43)57-45)58(23-12-4-1-5-13-23,24-14-6-2-7-15-24)25-16-8-3-9-17-25;2*1-7-5-3-2-4-6-7/h1-22H;2*2-6H,1H3. The Labute approximate surface area is 408 Å². The lowest BCUT2D eigenvalue weighted by Crippen LogP contribution is -2.70. The van der Waals surface area contributed by atoms with Gasteiger partial charge < -0.3 is 9.31 Å². The van der Waals surface area contributed by atoms with Crippen LogP contribution < -0.4 is 41.5 Å². The average molecular weight is 999 g/mol. The lowest BCUT2D eigenvalue weighted by Gasteiger charge is -2.38. The molecule has 1 aliphatic rings. The van der Waals surface area contributed by atoms with Gasteiger partial charge in [0.2, 0.25) is 0 Å². The molecule has 10 aromatic rings. The zero-order chi connectivity index (χ0) is 50.9. The van der Waals surface area contributed by atoms with Gasteiger partial charge in [0.05, 0.1) is 0 Å². The second-order valence-electron chi connectivity index (χ2n) is 16.8. The molecule has 0 amide bonds. The molecular weight excluding hydrogens is 960 g/mol. The number of hydrogen-bond acceptors (Lipinski definition) is 2. The fraction of sp³-hybridized carbons (Fsp3) is 0.0345. The third-order valence-corrected chi connectivity index (χ3v) is 16.7. The van der Waals surface area contributed by atoms with Gasteiger partial charge in [-0.3, -0.25) is 0 Å². The Morgan fingerprint density at radius 3 is 0.917 bits per heavy atom. The highest BCUT2D eigenvalue weighted by Gasteiger charge is 2.53. The van der Waals surface area contributed by atoms with Gasteiger partial charge in [-0.2, -0.15) is 0 Å². The predicted molar refractivity (Wildman–Crippen MR) is 267 cm³/mol. The van der Waals surface area contributed by atoms with Gasteiger partial charge in [0.25, 0.3) is 0 Å². The minimum Gasteiger partial charge on any atom is -0.673 e. The van der Waals surface area contributed by atoms with Gasteiger partial charge >= 0.3 is 6.55 Å². The van der Waals surface area contributed by atoms with E-state index in [4.69, 9.17) is 9.31 Å². The van der Waals surface area contributed by atoms with Crippen molar-refractivity contribution in [3.8, 4) is 11.5 Å². The molecule has 11 rings (SSSR count). The minimum absolute atomic E-state index is 0.0567. The fourth-order valence-electron chi connectivity index (χ4n) is 9.12.